The maximum absolute atomic E-state index is 6.03. The summed E-state index contributed by atoms with van der Waals surface area (Å²) in [5.74, 6) is 0. The molecule has 0 radical (unpaired) electrons. The average molecular weight is 242 g/mol. The third-order valence-corrected chi connectivity index (χ3v) is 2.79. The van der Waals surface area contributed by atoms with Gasteiger partial charge in [-0.15, -0.1) is 0 Å². The van der Waals surface area contributed by atoms with E-state index in [2.05, 4.69) is 19.2 Å². The molecule has 2 nitrogen and oxygen atoms in total. The van der Waals surface area contributed by atoms with E-state index >= 15 is 0 Å². The minimum atomic E-state index is 0.226. The van der Waals surface area contributed by atoms with E-state index in [1.54, 1.807) is 0 Å². The van der Waals surface area contributed by atoms with Crippen LogP contribution in [0.3, 0.4) is 0 Å². The first-order valence-corrected chi connectivity index (χ1v) is 6.14. The highest BCUT2D eigenvalue weighted by Gasteiger charge is 2.13. The van der Waals surface area contributed by atoms with Gasteiger partial charge in [-0.3, -0.25) is 0 Å². The summed E-state index contributed by atoms with van der Waals surface area (Å²) in [5.41, 5.74) is 2.47. The number of hydrogen-bond donors (Lipinski definition) is 1. The van der Waals surface area contributed by atoms with Gasteiger partial charge in [0.1, 0.15) is 0 Å². The van der Waals surface area contributed by atoms with Gasteiger partial charge in [0, 0.05) is 11.6 Å². The number of aryl methyl sites for hydroxylation is 1. The van der Waals surface area contributed by atoms with Gasteiger partial charge < -0.3 is 10.1 Å². The van der Waals surface area contributed by atoms with Gasteiger partial charge in [-0.25, -0.2) is 0 Å². The summed E-state index contributed by atoms with van der Waals surface area (Å²) in [6.07, 6.45) is 0. The number of ether oxygens (including phenoxy) is 1. The normalized spacial score (nSPS) is 12.8. The Morgan fingerprint density at radius 2 is 2.12 bits per heavy atom. The zero-order valence-electron chi connectivity index (χ0n) is 10.2. The van der Waals surface area contributed by atoms with Gasteiger partial charge in [0.15, 0.2) is 0 Å². The molecular weight excluding hydrogens is 222 g/mol. The lowest BCUT2D eigenvalue weighted by Gasteiger charge is -2.20. The van der Waals surface area contributed by atoms with E-state index in [1.807, 2.05) is 25.1 Å². The van der Waals surface area contributed by atoms with E-state index in [4.69, 9.17) is 16.3 Å². The monoisotopic (exact) mass is 241 g/mol. The van der Waals surface area contributed by atoms with Crippen molar-refractivity contribution in [2.45, 2.75) is 26.8 Å². The summed E-state index contributed by atoms with van der Waals surface area (Å²) >= 11 is 6.03. The predicted octanol–water partition coefficient (Wildman–Crippen LogP) is 3.34. The van der Waals surface area contributed by atoms with Crippen LogP contribution in [0.15, 0.2) is 18.2 Å². The van der Waals surface area contributed by atoms with Crippen LogP contribution in [0.5, 0.6) is 0 Å². The zero-order chi connectivity index (χ0) is 12.0. The molecule has 0 aliphatic heterocycles. The topological polar surface area (TPSA) is 21.3 Å². The molecule has 1 atom stereocenters. The molecule has 0 amide bonds. The molecule has 1 unspecified atom stereocenters. The zero-order valence-corrected chi connectivity index (χ0v) is 11.0. The summed E-state index contributed by atoms with van der Waals surface area (Å²) in [5, 5.41) is 4.20. The molecule has 1 aromatic rings. The van der Waals surface area contributed by atoms with Crippen LogP contribution in [0, 0.1) is 6.92 Å². The molecule has 1 aromatic carbocycles. The van der Waals surface area contributed by atoms with Crippen molar-refractivity contribution in [2.24, 2.45) is 0 Å². The van der Waals surface area contributed by atoms with Gasteiger partial charge in [-0.1, -0.05) is 24.6 Å². The summed E-state index contributed by atoms with van der Waals surface area (Å²) < 4.78 is 5.49. The van der Waals surface area contributed by atoms with Crippen LogP contribution in [0.25, 0.3) is 0 Å². The van der Waals surface area contributed by atoms with Crippen LogP contribution in [0.1, 0.15) is 31.0 Å². The van der Waals surface area contributed by atoms with Gasteiger partial charge >= 0.3 is 0 Å². The van der Waals surface area contributed by atoms with Gasteiger partial charge in [0.25, 0.3) is 0 Å². The fourth-order valence-corrected chi connectivity index (χ4v) is 1.91. The van der Waals surface area contributed by atoms with Crippen molar-refractivity contribution in [3.05, 3.63) is 34.3 Å². The van der Waals surface area contributed by atoms with E-state index in [9.17, 15) is 0 Å². The van der Waals surface area contributed by atoms with E-state index in [-0.39, 0.29) is 6.04 Å². The number of nitrogens with one attached hydrogen (secondary N) is 1. The number of halogens is 1. The van der Waals surface area contributed by atoms with E-state index in [0.717, 1.165) is 18.2 Å². The highest BCUT2D eigenvalue weighted by Crippen LogP contribution is 2.22. The van der Waals surface area contributed by atoms with Crippen molar-refractivity contribution in [1.82, 2.24) is 5.32 Å². The summed E-state index contributed by atoms with van der Waals surface area (Å²) in [7, 11) is 0. The molecule has 0 saturated carbocycles. The Labute approximate surface area is 103 Å². The van der Waals surface area contributed by atoms with Crippen LogP contribution in [0.4, 0.5) is 0 Å². The Hall–Kier alpha value is -0.570. The molecule has 0 saturated heterocycles. The SMILES string of the molecule is CCNC(COCC)c1cc(Cl)ccc1C. The standard InChI is InChI=1S/C13H20ClNO/c1-4-15-13(9-16-5-2)12-8-11(14)7-6-10(12)3/h6-8,13,15H,4-5,9H2,1-3H3. The van der Waals surface area contributed by atoms with Gasteiger partial charge in [0.05, 0.1) is 12.6 Å². The Bertz CT molecular complexity index is 328. The molecule has 0 fully saturated rings. The Morgan fingerprint density at radius 1 is 1.38 bits per heavy atom. The van der Waals surface area contributed by atoms with E-state index in [0.29, 0.717) is 6.61 Å². The molecule has 0 aliphatic rings. The molecule has 0 heterocycles. The highest BCUT2D eigenvalue weighted by atomic mass is 35.5. The van der Waals surface area contributed by atoms with Crippen LogP contribution >= 0.6 is 11.6 Å². The molecule has 3 heteroatoms. The van der Waals surface area contributed by atoms with Crippen LogP contribution in [0.2, 0.25) is 5.02 Å². The maximum atomic E-state index is 6.03. The van der Waals surface area contributed by atoms with E-state index in [1.165, 1.54) is 11.1 Å². The van der Waals surface area contributed by atoms with Crippen molar-refractivity contribution in [2.75, 3.05) is 19.8 Å². The smallest absolute Gasteiger partial charge is 0.0661 e. The summed E-state index contributed by atoms with van der Waals surface area (Å²) in [6, 6.07) is 6.21. The quantitative estimate of drug-likeness (QED) is 0.825. The van der Waals surface area contributed by atoms with Gasteiger partial charge in [-0.05, 0) is 43.7 Å². The predicted molar refractivity (Wildman–Crippen MR) is 69.1 cm³/mol. The maximum Gasteiger partial charge on any atom is 0.0661 e. The molecule has 90 valence electrons. The molecule has 0 spiro atoms. The first-order valence-electron chi connectivity index (χ1n) is 5.76. The van der Waals surface area contributed by atoms with E-state index < -0.39 is 0 Å². The number of hydrogen-bond acceptors (Lipinski definition) is 2. The summed E-state index contributed by atoms with van der Waals surface area (Å²) in [4.78, 5) is 0. The fourth-order valence-electron chi connectivity index (χ4n) is 1.73. The van der Waals surface area contributed by atoms with Crippen molar-refractivity contribution >= 4 is 11.6 Å². The Kier molecular flexibility index (Phi) is 5.81. The highest BCUT2D eigenvalue weighted by molar-refractivity contribution is 6.30. The molecule has 1 N–H and O–H groups in total. The third kappa shape index (κ3) is 3.78. The molecular formula is C13H20ClNO. The third-order valence-electron chi connectivity index (χ3n) is 2.56. The molecule has 0 aromatic heterocycles. The number of rotatable bonds is 6. The number of likely N-dealkylation sites (N-methyl/N-ethyl adjacent to an activating group) is 1. The largest absolute Gasteiger partial charge is 0.380 e. The second-order valence-electron chi connectivity index (χ2n) is 3.77. The number of benzene rings is 1. The fraction of sp³-hybridized carbons (Fsp3) is 0.538. The minimum absolute atomic E-state index is 0.226. The minimum Gasteiger partial charge on any atom is -0.380 e. The van der Waals surface area contributed by atoms with Crippen molar-refractivity contribution < 1.29 is 4.74 Å². The first kappa shape index (κ1) is 13.5. The lowest BCUT2D eigenvalue weighted by Crippen LogP contribution is -2.26. The molecule has 16 heavy (non-hydrogen) atoms. The first-order chi connectivity index (χ1) is 7.69. The van der Waals surface area contributed by atoms with Gasteiger partial charge in [-0.2, -0.15) is 0 Å². The molecule has 0 bridgehead atoms. The molecule has 0 aliphatic carbocycles. The Morgan fingerprint density at radius 3 is 2.75 bits per heavy atom. The van der Waals surface area contributed by atoms with Crippen LogP contribution < -0.4 is 5.32 Å². The van der Waals surface area contributed by atoms with Gasteiger partial charge in [0.2, 0.25) is 0 Å². The van der Waals surface area contributed by atoms with Crippen molar-refractivity contribution in [3.63, 3.8) is 0 Å². The Balaban J connectivity index is 2.85. The molecule has 1 rings (SSSR count). The second-order valence-corrected chi connectivity index (χ2v) is 4.21. The lowest BCUT2D eigenvalue weighted by atomic mass is 10.0. The second kappa shape index (κ2) is 6.89. The lowest BCUT2D eigenvalue weighted by molar-refractivity contribution is 0.123. The summed E-state index contributed by atoms with van der Waals surface area (Å²) in [6.45, 7) is 8.55. The van der Waals surface area contributed by atoms with Crippen LogP contribution in [-0.4, -0.2) is 19.8 Å². The van der Waals surface area contributed by atoms with Crippen molar-refractivity contribution in [1.29, 1.82) is 0 Å². The van der Waals surface area contributed by atoms with Crippen LogP contribution in [-0.2, 0) is 4.74 Å². The van der Waals surface area contributed by atoms with Crippen molar-refractivity contribution in [3.8, 4) is 0 Å². The average Bonchev–Trinajstić information content (AvgIpc) is 2.28.